The highest BCUT2D eigenvalue weighted by Crippen LogP contribution is 2.28. The molecule has 4 N–H and O–H groups in total. The number of carbonyl (C=O) groups is 1. The molecule has 0 aromatic carbocycles. The van der Waals surface area contributed by atoms with E-state index in [1.165, 1.54) is 12.8 Å². The zero-order valence-corrected chi connectivity index (χ0v) is 8.24. The second-order valence-electron chi connectivity index (χ2n) is 3.67. The third-order valence-corrected chi connectivity index (χ3v) is 2.16. The van der Waals surface area contributed by atoms with Crippen molar-refractivity contribution in [2.45, 2.75) is 18.9 Å². The van der Waals surface area contributed by atoms with Crippen molar-refractivity contribution in [1.29, 1.82) is 0 Å². The van der Waals surface area contributed by atoms with Gasteiger partial charge in [0.05, 0.1) is 6.61 Å². The van der Waals surface area contributed by atoms with Crippen molar-refractivity contribution < 1.29 is 14.6 Å². The van der Waals surface area contributed by atoms with Crippen molar-refractivity contribution in [3.63, 3.8) is 0 Å². The lowest BCUT2D eigenvalue weighted by Crippen LogP contribution is -2.41. The molecule has 1 rings (SSSR count). The molecule has 5 heteroatoms. The van der Waals surface area contributed by atoms with Gasteiger partial charge in [0.25, 0.3) is 0 Å². The maximum Gasteiger partial charge on any atom is 0.321 e. The number of hydrogen-bond donors (Lipinski definition) is 3. The summed E-state index contributed by atoms with van der Waals surface area (Å²) in [6, 6.07) is -0.821. The van der Waals surface area contributed by atoms with Crippen LogP contribution in [0.4, 0.5) is 0 Å². The van der Waals surface area contributed by atoms with Gasteiger partial charge in [-0.05, 0) is 18.8 Å². The SMILES string of the molecule is NC(CNCCOCC1CC1)C(=O)O. The molecule has 0 aromatic heterocycles. The molecule has 1 aliphatic carbocycles. The van der Waals surface area contributed by atoms with Gasteiger partial charge in [-0.25, -0.2) is 0 Å². The highest BCUT2D eigenvalue weighted by molar-refractivity contribution is 5.73. The summed E-state index contributed by atoms with van der Waals surface area (Å²) in [4.78, 5) is 10.3. The summed E-state index contributed by atoms with van der Waals surface area (Å²) < 4.78 is 5.35. The number of nitrogens with two attached hydrogens (primary N) is 1. The molecule has 0 spiro atoms. The van der Waals surface area contributed by atoms with E-state index in [2.05, 4.69) is 5.32 Å². The maximum atomic E-state index is 10.3. The van der Waals surface area contributed by atoms with Crippen LogP contribution < -0.4 is 11.1 Å². The Morgan fingerprint density at radius 2 is 2.36 bits per heavy atom. The van der Waals surface area contributed by atoms with E-state index in [0.29, 0.717) is 19.7 Å². The van der Waals surface area contributed by atoms with Crippen LogP contribution in [0.25, 0.3) is 0 Å². The minimum atomic E-state index is -0.976. The summed E-state index contributed by atoms with van der Waals surface area (Å²) in [5.74, 6) is -0.201. The van der Waals surface area contributed by atoms with E-state index in [9.17, 15) is 4.79 Å². The first-order chi connectivity index (χ1) is 6.70. The van der Waals surface area contributed by atoms with Crippen LogP contribution in [-0.4, -0.2) is 43.4 Å². The first-order valence-corrected chi connectivity index (χ1v) is 4.97. The van der Waals surface area contributed by atoms with E-state index in [0.717, 1.165) is 12.5 Å². The molecule has 0 bridgehead atoms. The number of rotatable bonds is 8. The predicted octanol–water partition coefficient (Wildman–Crippen LogP) is -0.586. The number of ether oxygens (including phenoxy) is 1. The van der Waals surface area contributed by atoms with Gasteiger partial charge in [-0.1, -0.05) is 0 Å². The zero-order valence-electron chi connectivity index (χ0n) is 8.24. The van der Waals surface area contributed by atoms with Crippen LogP contribution in [0.15, 0.2) is 0 Å². The van der Waals surface area contributed by atoms with Gasteiger partial charge in [-0.15, -0.1) is 0 Å². The van der Waals surface area contributed by atoms with Gasteiger partial charge in [0.2, 0.25) is 0 Å². The molecule has 0 radical (unpaired) electrons. The number of hydrogen-bond acceptors (Lipinski definition) is 4. The van der Waals surface area contributed by atoms with Crippen molar-refractivity contribution >= 4 is 5.97 Å². The third-order valence-electron chi connectivity index (χ3n) is 2.16. The van der Waals surface area contributed by atoms with Crippen LogP contribution in [-0.2, 0) is 9.53 Å². The Morgan fingerprint density at radius 1 is 1.64 bits per heavy atom. The van der Waals surface area contributed by atoms with Crippen LogP contribution >= 0.6 is 0 Å². The second-order valence-corrected chi connectivity index (χ2v) is 3.67. The van der Waals surface area contributed by atoms with Gasteiger partial charge in [0.1, 0.15) is 6.04 Å². The second kappa shape index (κ2) is 5.95. The fourth-order valence-corrected chi connectivity index (χ4v) is 1.02. The molecule has 0 heterocycles. The number of nitrogens with one attached hydrogen (secondary N) is 1. The van der Waals surface area contributed by atoms with Crippen molar-refractivity contribution in [2.24, 2.45) is 11.7 Å². The maximum absolute atomic E-state index is 10.3. The van der Waals surface area contributed by atoms with Gasteiger partial charge >= 0.3 is 5.97 Å². The highest BCUT2D eigenvalue weighted by atomic mass is 16.5. The Morgan fingerprint density at radius 3 is 2.93 bits per heavy atom. The molecule has 1 saturated carbocycles. The van der Waals surface area contributed by atoms with E-state index >= 15 is 0 Å². The number of carboxylic acids is 1. The Hall–Kier alpha value is -0.650. The molecule has 1 unspecified atom stereocenters. The molecule has 0 amide bonds. The summed E-state index contributed by atoms with van der Waals surface area (Å²) >= 11 is 0. The van der Waals surface area contributed by atoms with E-state index in [1.54, 1.807) is 0 Å². The summed E-state index contributed by atoms with van der Waals surface area (Å²) in [6.07, 6.45) is 2.58. The number of aliphatic carboxylic acids is 1. The monoisotopic (exact) mass is 202 g/mol. The van der Waals surface area contributed by atoms with Crippen LogP contribution in [0, 0.1) is 5.92 Å². The molecule has 82 valence electrons. The normalized spacial score (nSPS) is 18.1. The van der Waals surface area contributed by atoms with Gasteiger partial charge in [-0.3, -0.25) is 4.79 Å². The Kier molecular flexibility index (Phi) is 4.86. The average Bonchev–Trinajstić information content (AvgIpc) is 2.94. The van der Waals surface area contributed by atoms with Gasteiger partial charge in [-0.2, -0.15) is 0 Å². The van der Waals surface area contributed by atoms with Crippen LogP contribution in [0.2, 0.25) is 0 Å². The molecule has 5 nitrogen and oxygen atoms in total. The molecular weight excluding hydrogens is 184 g/mol. The largest absolute Gasteiger partial charge is 0.480 e. The topological polar surface area (TPSA) is 84.6 Å². The van der Waals surface area contributed by atoms with Crippen LogP contribution in [0.5, 0.6) is 0 Å². The van der Waals surface area contributed by atoms with Crippen molar-refractivity contribution in [3.8, 4) is 0 Å². The summed E-state index contributed by atoms with van der Waals surface area (Å²) in [7, 11) is 0. The summed E-state index contributed by atoms with van der Waals surface area (Å²) in [6.45, 7) is 2.42. The Bertz CT molecular complexity index is 183. The zero-order chi connectivity index (χ0) is 10.4. The first-order valence-electron chi connectivity index (χ1n) is 4.97. The predicted molar refractivity (Wildman–Crippen MR) is 52.0 cm³/mol. The molecular formula is C9H18N2O3. The van der Waals surface area contributed by atoms with Crippen LogP contribution in [0.3, 0.4) is 0 Å². The van der Waals surface area contributed by atoms with E-state index in [-0.39, 0.29) is 0 Å². The fraction of sp³-hybridized carbons (Fsp3) is 0.889. The van der Waals surface area contributed by atoms with Gasteiger partial charge in [0, 0.05) is 19.7 Å². The highest BCUT2D eigenvalue weighted by Gasteiger charge is 2.20. The molecule has 1 atom stereocenters. The molecule has 1 fully saturated rings. The fourth-order valence-electron chi connectivity index (χ4n) is 1.02. The van der Waals surface area contributed by atoms with Gasteiger partial charge in [0.15, 0.2) is 0 Å². The molecule has 0 aromatic rings. The van der Waals surface area contributed by atoms with Crippen LogP contribution in [0.1, 0.15) is 12.8 Å². The standard InChI is InChI=1S/C9H18N2O3/c10-8(9(12)13)5-11-3-4-14-6-7-1-2-7/h7-8,11H,1-6,10H2,(H,12,13). The quantitative estimate of drug-likeness (QED) is 0.458. The van der Waals surface area contributed by atoms with Crippen molar-refractivity contribution in [2.75, 3.05) is 26.3 Å². The molecule has 0 saturated heterocycles. The lowest BCUT2D eigenvalue weighted by atomic mass is 10.3. The molecule has 0 aliphatic heterocycles. The Balaban J connectivity index is 1.80. The molecule has 1 aliphatic rings. The van der Waals surface area contributed by atoms with Gasteiger partial charge < -0.3 is 20.9 Å². The third kappa shape index (κ3) is 5.16. The summed E-state index contributed by atoms with van der Waals surface area (Å²) in [5, 5.41) is 11.4. The van der Waals surface area contributed by atoms with E-state index < -0.39 is 12.0 Å². The molecule has 14 heavy (non-hydrogen) atoms. The first kappa shape index (κ1) is 11.4. The van der Waals surface area contributed by atoms with Crippen molar-refractivity contribution in [1.82, 2.24) is 5.32 Å². The minimum absolute atomic E-state index is 0.294. The van der Waals surface area contributed by atoms with Crippen molar-refractivity contribution in [3.05, 3.63) is 0 Å². The minimum Gasteiger partial charge on any atom is -0.480 e. The lowest BCUT2D eigenvalue weighted by molar-refractivity contribution is -0.138. The smallest absolute Gasteiger partial charge is 0.321 e. The Labute approximate surface area is 83.6 Å². The lowest BCUT2D eigenvalue weighted by Gasteiger charge is -2.08. The summed E-state index contributed by atoms with van der Waals surface area (Å²) in [5.41, 5.74) is 5.29. The number of carboxylic acid groups (broad SMARTS) is 1. The van der Waals surface area contributed by atoms with E-state index in [4.69, 9.17) is 15.6 Å². The average molecular weight is 202 g/mol. The van der Waals surface area contributed by atoms with E-state index in [1.807, 2.05) is 0 Å².